The van der Waals surface area contributed by atoms with Crippen LogP contribution >= 0.6 is 27.5 Å². The molecule has 0 spiro atoms. The third-order valence-electron chi connectivity index (χ3n) is 2.88. The Bertz CT molecular complexity index is 924. The zero-order chi connectivity index (χ0) is 15.0. The van der Waals surface area contributed by atoms with Gasteiger partial charge in [0.25, 0.3) is 10.0 Å². The normalized spacial score (nSPS) is 11.7. The average Bonchev–Trinajstić information content (AvgIpc) is 2.88. The van der Waals surface area contributed by atoms with Gasteiger partial charge in [-0.3, -0.25) is 9.82 Å². The molecule has 1 heterocycles. The number of aromatic amines is 1. The summed E-state index contributed by atoms with van der Waals surface area (Å²) in [6, 6.07) is 9.72. The van der Waals surface area contributed by atoms with E-state index >= 15 is 0 Å². The summed E-state index contributed by atoms with van der Waals surface area (Å²) >= 11 is 9.08. The Morgan fingerprint density at radius 3 is 2.81 bits per heavy atom. The van der Waals surface area contributed by atoms with Gasteiger partial charge in [-0.2, -0.15) is 5.10 Å². The smallest absolute Gasteiger partial charge is 0.263 e. The van der Waals surface area contributed by atoms with Crippen molar-refractivity contribution in [1.82, 2.24) is 10.2 Å². The van der Waals surface area contributed by atoms with Crippen molar-refractivity contribution in [2.45, 2.75) is 4.90 Å². The number of anilines is 1. The van der Waals surface area contributed by atoms with Crippen LogP contribution in [0.4, 0.5) is 5.69 Å². The maximum absolute atomic E-state index is 12.4. The van der Waals surface area contributed by atoms with Gasteiger partial charge in [-0.15, -0.1) is 0 Å². The van der Waals surface area contributed by atoms with Crippen LogP contribution in [0.1, 0.15) is 0 Å². The second-order valence-electron chi connectivity index (χ2n) is 4.35. The fourth-order valence-corrected chi connectivity index (χ4v) is 4.18. The van der Waals surface area contributed by atoms with Crippen LogP contribution in [0, 0.1) is 0 Å². The molecule has 2 N–H and O–H groups in total. The van der Waals surface area contributed by atoms with Gasteiger partial charge >= 0.3 is 0 Å². The van der Waals surface area contributed by atoms with E-state index in [1.54, 1.807) is 36.5 Å². The molecule has 0 aliphatic heterocycles. The van der Waals surface area contributed by atoms with Crippen molar-refractivity contribution in [2.75, 3.05) is 4.72 Å². The fourth-order valence-electron chi connectivity index (χ4n) is 1.90. The zero-order valence-electron chi connectivity index (χ0n) is 10.5. The molecule has 2 aromatic carbocycles. The first-order valence-corrected chi connectivity index (χ1v) is 8.52. The molecule has 3 rings (SSSR count). The Morgan fingerprint density at radius 2 is 2.00 bits per heavy atom. The number of fused-ring (bicyclic) bond motifs is 1. The summed E-state index contributed by atoms with van der Waals surface area (Å²) in [5, 5.41) is 7.87. The minimum atomic E-state index is -3.73. The van der Waals surface area contributed by atoms with Gasteiger partial charge in [0.1, 0.15) is 4.90 Å². The minimum absolute atomic E-state index is 0.0855. The van der Waals surface area contributed by atoms with Crippen molar-refractivity contribution < 1.29 is 8.42 Å². The van der Waals surface area contributed by atoms with Gasteiger partial charge in [-0.25, -0.2) is 8.42 Å². The van der Waals surface area contributed by atoms with E-state index in [0.29, 0.717) is 15.2 Å². The summed E-state index contributed by atoms with van der Waals surface area (Å²) in [7, 11) is -3.73. The molecule has 0 unspecified atom stereocenters. The van der Waals surface area contributed by atoms with Crippen molar-refractivity contribution >= 4 is 54.1 Å². The maximum Gasteiger partial charge on any atom is 0.263 e. The van der Waals surface area contributed by atoms with Crippen molar-refractivity contribution in [3.63, 3.8) is 0 Å². The predicted octanol–water partition coefficient (Wildman–Crippen LogP) is 3.78. The number of H-pyrrole nitrogens is 1. The molecule has 108 valence electrons. The van der Waals surface area contributed by atoms with E-state index in [2.05, 4.69) is 30.8 Å². The van der Waals surface area contributed by atoms with Crippen LogP contribution in [-0.4, -0.2) is 18.6 Å². The molecule has 0 saturated carbocycles. The van der Waals surface area contributed by atoms with Gasteiger partial charge in [0.2, 0.25) is 0 Å². The maximum atomic E-state index is 12.4. The van der Waals surface area contributed by atoms with Gasteiger partial charge in [0, 0.05) is 20.6 Å². The van der Waals surface area contributed by atoms with Crippen LogP contribution in [0.15, 0.2) is 52.0 Å². The molecular formula is C13H9BrClN3O2S. The summed E-state index contributed by atoms with van der Waals surface area (Å²) < 4.78 is 27.8. The van der Waals surface area contributed by atoms with Crippen molar-refractivity contribution in [3.05, 3.63) is 52.1 Å². The summed E-state index contributed by atoms with van der Waals surface area (Å²) in [6.45, 7) is 0. The lowest BCUT2D eigenvalue weighted by molar-refractivity contribution is 0.601. The van der Waals surface area contributed by atoms with Crippen molar-refractivity contribution in [3.8, 4) is 0 Å². The number of rotatable bonds is 3. The number of hydrogen-bond acceptors (Lipinski definition) is 3. The van der Waals surface area contributed by atoms with Gasteiger partial charge in [0.15, 0.2) is 0 Å². The Kier molecular flexibility index (Phi) is 3.64. The molecule has 5 nitrogen and oxygen atoms in total. The lowest BCUT2D eigenvalue weighted by Gasteiger charge is -2.10. The molecular weight excluding hydrogens is 378 g/mol. The highest BCUT2D eigenvalue weighted by atomic mass is 79.9. The molecule has 0 fully saturated rings. The number of halogens is 2. The topological polar surface area (TPSA) is 74.8 Å². The second-order valence-corrected chi connectivity index (χ2v) is 7.29. The van der Waals surface area contributed by atoms with E-state index in [1.807, 2.05) is 0 Å². The fraction of sp³-hybridized carbons (Fsp3) is 0. The lowest BCUT2D eigenvalue weighted by Crippen LogP contribution is -2.13. The predicted molar refractivity (Wildman–Crippen MR) is 86.1 cm³/mol. The van der Waals surface area contributed by atoms with Crippen LogP contribution in [0.2, 0.25) is 5.02 Å². The number of aromatic nitrogens is 2. The summed E-state index contributed by atoms with van der Waals surface area (Å²) in [4.78, 5) is 0.0855. The van der Waals surface area contributed by atoms with Crippen molar-refractivity contribution in [2.24, 2.45) is 0 Å². The second kappa shape index (κ2) is 5.32. The Hall–Kier alpha value is -1.57. The number of sulfonamides is 1. The Labute approximate surface area is 134 Å². The van der Waals surface area contributed by atoms with Gasteiger partial charge < -0.3 is 0 Å². The standard InChI is InChI=1S/C13H9BrClN3O2S/c14-11-3-1-9(15)6-13(11)21(19,20)18-10-2-4-12-8(5-10)7-16-17-12/h1-7,18H,(H,16,17). The number of benzene rings is 2. The number of nitrogens with zero attached hydrogens (tertiary/aromatic N) is 1. The van der Waals surface area contributed by atoms with E-state index in [0.717, 1.165) is 10.9 Å². The molecule has 0 aliphatic carbocycles. The van der Waals surface area contributed by atoms with Crippen LogP contribution in [0.5, 0.6) is 0 Å². The first-order valence-electron chi connectivity index (χ1n) is 5.87. The molecule has 0 amide bonds. The highest BCUT2D eigenvalue weighted by molar-refractivity contribution is 9.10. The third-order valence-corrected chi connectivity index (χ3v) is 5.49. The van der Waals surface area contributed by atoms with E-state index in [4.69, 9.17) is 11.6 Å². The highest BCUT2D eigenvalue weighted by Crippen LogP contribution is 2.27. The summed E-state index contributed by atoms with van der Waals surface area (Å²) in [5.74, 6) is 0. The van der Waals surface area contributed by atoms with Crippen LogP contribution in [0.25, 0.3) is 10.9 Å². The van der Waals surface area contributed by atoms with Crippen molar-refractivity contribution in [1.29, 1.82) is 0 Å². The van der Waals surface area contributed by atoms with E-state index in [9.17, 15) is 8.42 Å². The third kappa shape index (κ3) is 2.90. The molecule has 3 aromatic rings. The number of hydrogen-bond donors (Lipinski definition) is 2. The quantitative estimate of drug-likeness (QED) is 0.719. The molecule has 1 aromatic heterocycles. The van der Waals surface area contributed by atoms with E-state index in [1.165, 1.54) is 6.07 Å². The summed E-state index contributed by atoms with van der Waals surface area (Å²) in [5.41, 5.74) is 1.29. The SMILES string of the molecule is O=S(=O)(Nc1ccc2[nH]ncc2c1)c1cc(Cl)ccc1Br. The van der Waals surface area contributed by atoms with Crippen LogP contribution < -0.4 is 4.72 Å². The first-order chi connectivity index (χ1) is 9.95. The zero-order valence-corrected chi connectivity index (χ0v) is 13.6. The minimum Gasteiger partial charge on any atom is -0.280 e. The van der Waals surface area contributed by atoms with Crippen LogP contribution in [0.3, 0.4) is 0 Å². The molecule has 0 saturated heterocycles. The monoisotopic (exact) mass is 385 g/mol. The molecule has 0 bridgehead atoms. The Morgan fingerprint density at radius 1 is 1.19 bits per heavy atom. The van der Waals surface area contributed by atoms with Gasteiger partial charge in [0.05, 0.1) is 11.7 Å². The molecule has 8 heteroatoms. The lowest BCUT2D eigenvalue weighted by atomic mass is 10.2. The molecule has 0 radical (unpaired) electrons. The summed E-state index contributed by atoms with van der Waals surface area (Å²) in [6.07, 6.45) is 1.63. The first kappa shape index (κ1) is 14.4. The number of nitrogens with one attached hydrogen (secondary N) is 2. The van der Waals surface area contributed by atoms with Crippen LogP contribution in [-0.2, 0) is 10.0 Å². The molecule has 0 aliphatic rings. The molecule has 0 atom stereocenters. The van der Waals surface area contributed by atoms with Gasteiger partial charge in [-0.05, 0) is 52.3 Å². The van der Waals surface area contributed by atoms with E-state index < -0.39 is 10.0 Å². The van der Waals surface area contributed by atoms with Gasteiger partial charge in [-0.1, -0.05) is 11.6 Å². The molecule has 21 heavy (non-hydrogen) atoms. The average molecular weight is 387 g/mol. The highest BCUT2D eigenvalue weighted by Gasteiger charge is 2.18. The largest absolute Gasteiger partial charge is 0.280 e. The Balaban J connectivity index is 2.00. The van der Waals surface area contributed by atoms with E-state index in [-0.39, 0.29) is 4.90 Å².